The minimum absolute atomic E-state index is 0.0606. The van der Waals surface area contributed by atoms with E-state index in [1.54, 1.807) is 25.3 Å². The predicted molar refractivity (Wildman–Crippen MR) is 97.0 cm³/mol. The van der Waals surface area contributed by atoms with Gasteiger partial charge in [0.25, 0.3) is 5.91 Å². The first-order valence-electron chi connectivity index (χ1n) is 7.73. The number of phenolic OH excluding ortho intramolecular Hbond substituents is 1. The van der Waals surface area contributed by atoms with Gasteiger partial charge in [0.1, 0.15) is 5.75 Å². The van der Waals surface area contributed by atoms with Crippen molar-refractivity contribution in [3.8, 4) is 17.2 Å². The van der Waals surface area contributed by atoms with Gasteiger partial charge in [-0.1, -0.05) is 12.1 Å². The van der Waals surface area contributed by atoms with Crippen LogP contribution in [0.2, 0.25) is 0 Å². The fourth-order valence-electron chi connectivity index (χ4n) is 1.98. The van der Waals surface area contributed by atoms with E-state index in [9.17, 15) is 9.90 Å². The number of amides is 1. The first kappa shape index (κ1) is 18.1. The van der Waals surface area contributed by atoms with Crippen LogP contribution in [0.1, 0.15) is 18.1 Å². The lowest BCUT2D eigenvalue weighted by Crippen LogP contribution is -2.14. The molecule has 2 rings (SSSR count). The zero-order valence-corrected chi connectivity index (χ0v) is 14.1. The first-order valence-corrected chi connectivity index (χ1v) is 7.73. The average molecular weight is 340 g/mol. The number of carbonyl (C=O) groups is 1. The van der Waals surface area contributed by atoms with Gasteiger partial charge < -0.3 is 14.6 Å². The van der Waals surface area contributed by atoms with E-state index in [0.717, 1.165) is 11.3 Å². The zero-order valence-electron chi connectivity index (χ0n) is 14.1. The number of carbonyl (C=O) groups excluding carboxylic acids is 1. The third-order valence-corrected chi connectivity index (χ3v) is 3.22. The van der Waals surface area contributed by atoms with E-state index in [4.69, 9.17) is 9.47 Å². The van der Waals surface area contributed by atoms with E-state index in [0.29, 0.717) is 17.9 Å². The summed E-state index contributed by atoms with van der Waals surface area (Å²) in [5.41, 5.74) is 3.98. The van der Waals surface area contributed by atoms with Crippen LogP contribution in [0.15, 0.2) is 53.6 Å². The molecule has 2 aromatic carbocycles. The molecule has 25 heavy (non-hydrogen) atoms. The van der Waals surface area contributed by atoms with Gasteiger partial charge in [-0.2, -0.15) is 5.10 Å². The molecule has 0 aromatic heterocycles. The Morgan fingerprint density at radius 3 is 2.60 bits per heavy atom. The van der Waals surface area contributed by atoms with Crippen molar-refractivity contribution in [2.24, 2.45) is 5.10 Å². The minimum Gasteiger partial charge on any atom is -0.504 e. The van der Waals surface area contributed by atoms with E-state index < -0.39 is 0 Å². The van der Waals surface area contributed by atoms with Crippen molar-refractivity contribution in [1.82, 2.24) is 5.43 Å². The predicted octanol–water partition coefficient (Wildman–Crippen LogP) is 2.96. The van der Waals surface area contributed by atoms with Gasteiger partial charge in [-0.15, -0.1) is 0 Å². The molecule has 1 amide bonds. The van der Waals surface area contributed by atoms with Crippen molar-refractivity contribution in [2.45, 2.75) is 6.92 Å². The number of nitrogens with one attached hydrogen (secondary N) is 1. The lowest BCUT2D eigenvalue weighted by atomic mass is 10.2. The van der Waals surface area contributed by atoms with Gasteiger partial charge in [0.2, 0.25) is 0 Å². The van der Waals surface area contributed by atoms with Gasteiger partial charge in [-0.25, -0.2) is 5.43 Å². The van der Waals surface area contributed by atoms with Gasteiger partial charge in [-0.3, -0.25) is 4.79 Å². The van der Waals surface area contributed by atoms with Crippen LogP contribution in [0.5, 0.6) is 17.2 Å². The molecular formula is C19H20N2O4. The third kappa shape index (κ3) is 5.69. The van der Waals surface area contributed by atoms with Crippen molar-refractivity contribution >= 4 is 18.2 Å². The molecule has 0 aliphatic heterocycles. The summed E-state index contributed by atoms with van der Waals surface area (Å²) in [5.74, 6) is 0.838. The van der Waals surface area contributed by atoms with Crippen LogP contribution in [-0.2, 0) is 4.79 Å². The monoisotopic (exact) mass is 340 g/mol. The lowest BCUT2D eigenvalue weighted by Gasteiger charge is -2.05. The van der Waals surface area contributed by atoms with Gasteiger partial charge in [0.05, 0.1) is 19.9 Å². The molecule has 0 fully saturated rings. The standard InChI is InChI=1S/C19H20N2O4/c1-3-25-18-12-15(6-10-17(18)22)13-20-21-19(23)11-7-14-4-8-16(24-2)9-5-14/h4-13,22H,3H2,1-2H3,(H,21,23). The summed E-state index contributed by atoms with van der Waals surface area (Å²) >= 11 is 0. The molecule has 6 heteroatoms. The van der Waals surface area contributed by atoms with Crippen molar-refractivity contribution in [2.75, 3.05) is 13.7 Å². The molecule has 0 aliphatic carbocycles. The van der Waals surface area contributed by atoms with Crippen molar-refractivity contribution in [1.29, 1.82) is 0 Å². The summed E-state index contributed by atoms with van der Waals surface area (Å²) in [7, 11) is 1.60. The smallest absolute Gasteiger partial charge is 0.264 e. The Labute approximate surface area is 146 Å². The highest BCUT2D eigenvalue weighted by Crippen LogP contribution is 2.26. The molecule has 2 N–H and O–H groups in total. The maximum Gasteiger partial charge on any atom is 0.264 e. The van der Waals surface area contributed by atoms with Crippen molar-refractivity contribution < 1.29 is 19.4 Å². The molecule has 0 radical (unpaired) electrons. The number of phenols is 1. The van der Waals surface area contributed by atoms with Gasteiger partial charge in [0, 0.05) is 6.08 Å². The summed E-state index contributed by atoms with van der Waals surface area (Å²) in [4.78, 5) is 11.8. The van der Waals surface area contributed by atoms with Gasteiger partial charge >= 0.3 is 0 Å². The molecule has 0 bridgehead atoms. The highest BCUT2D eigenvalue weighted by Gasteiger charge is 2.02. The quantitative estimate of drug-likeness (QED) is 0.461. The molecule has 130 valence electrons. The molecule has 2 aromatic rings. The Balaban J connectivity index is 1.91. The van der Waals surface area contributed by atoms with E-state index in [1.165, 1.54) is 18.4 Å². The lowest BCUT2D eigenvalue weighted by molar-refractivity contribution is -0.116. The number of aromatic hydroxyl groups is 1. The number of methoxy groups -OCH3 is 1. The molecule has 0 spiro atoms. The normalized spacial score (nSPS) is 11.0. The van der Waals surface area contributed by atoms with E-state index in [2.05, 4.69) is 10.5 Å². The second-order valence-electron chi connectivity index (χ2n) is 5.00. The number of hydrazone groups is 1. The number of hydrogen-bond acceptors (Lipinski definition) is 5. The highest BCUT2D eigenvalue weighted by molar-refractivity contribution is 5.92. The van der Waals surface area contributed by atoms with Crippen LogP contribution in [0, 0.1) is 0 Å². The van der Waals surface area contributed by atoms with Crippen LogP contribution in [-0.4, -0.2) is 30.9 Å². The number of rotatable bonds is 7. The van der Waals surface area contributed by atoms with Crippen LogP contribution in [0.25, 0.3) is 6.08 Å². The Bertz CT molecular complexity index is 767. The van der Waals surface area contributed by atoms with Crippen LogP contribution >= 0.6 is 0 Å². The van der Waals surface area contributed by atoms with Crippen LogP contribution in [0.3, 0.4) is 0 Å². The molecular weight excluding hydrogens is 320 g/mol. The van der Waals surface area contributed by atoms with E-state index in [1.807, 2.05) is 31.2 Å². The van der Waals surface area contributed by atoms with E-state index >= 15 is 0 Å². The molecule has 0 saturated carbocycles. The number of benzene rings is 2. The summed E-state index contributed by atoms with van der Waals surface area (Å²) < 4.78 is 10.4. The maximum absolute atomic E-state index is 11.8. The molecule has 0 aliphatic rings. The zero-order chi connectivity index (χ0) is 18.1. The second kappa shape index (κ2) is 9.12. The Morgan fingerprint density at radius 2 is 1.92 bits per heavy atom. The summed E-state index contributed by atoms with van der Waals surface area (Å²) in [5, 5.41) is 13.5. The summed E-state index contributed by atoms with van der Waals surface area (Å²) in [6.07, 6.45) is 4.54. The SMILES string of the molecule is CCOc1cc(C=NNC(=O)C=Cc2ccc(OC)cc2)ccc1O. The summed E-state index contributed by atoms with van der Waals surface area (Å²) in [6.45, 7) is 2.27. The topological polar surface area (TPSA) is 80.2 Å². The van der Waals surface area contributed by atoms with Crippen molar-refractivity contribution in [3.05, 3.63) is 59.7 Å². The largest absolute Gasteiger partial charge is 0.504 e. The summed E-state index contributed by atoms with van der Waals surface area (Å²) in [6, 6.07) is 12.1. The molecule has 0 saturated heterocycles. The number of hydrogen-bond donors (Lipinski definition) is 2. The van der Waals surface area contributed by atoms with Crippen LogP contribution < -0.4 is 14.9 Å². The fourth-order valence-corrected chi connectivity index (χ4v) is 1.98. The molecule has 6 nitrogen and oxygen atoms in total. The van der Waals surface area contributed by atoms with Gasteiger partial charge in [-0.05, 0) is 54.5 Å². The van der Waals surface area contributed by atoms with Gasteiger partial charge in [0.15, 0.2) is 11.5 Å². The Hall–Kier alpha value is -3.28. The second-order valence-corrected chi connectivity index (χ2v) is 5.00. The van der Waals surface area contributed by atoms with Crippen LogP contribution in [0.4, 0.5) is 0 Å². The number of ether oxygens (including phenoxy) is 2. The maximum atomic E-state index is 11.8. The third-order valence-electron chi connectivity index (χ3n) is 3.22. The Kier molecular flexibility index (Phi) is 6.59. The van der Waals surface area contributed by atoms with Crippen molar-refractivity contribution in [3.63, 3.8) is 0 Å². The molecule has 0 atom stereocenters. The number of nitrogens with zero attached hydrogens (tertiary/aromatic N) is 1. The Morgan fingerprint density at radius 1 is 1.20 bits per heavy atom. The average Bonchev–Trinajstić information content (AvgIpc) is 2.63. The highest BCUT2D eigenvalue weighted by atomic mass is 16.5. The first-order chi connectivity index (χ1) is 12.1. The van der Waals surface area contributed by atoms with E-state index in [-0.39, 0.29) is 11.7 Å². The fraction of sp³-hybridized carbons (Fsp3) is 0.158. The molecule has 0 unspecified atom stereocenters. The minimum atomic E-state index is -0.351. The molecule has 0 heterocycles.